The van der Waals surface area contributed by atoms with Crippen LogP contribution in [-0.4, -0.2) is 7.28 Å². The molecule has 2 heteroatoms. The van der Waals surface area contributed by atoms with E-state index in [9.17, 15) is 0 Å². The molecule has 4 rings (SSSR count). The van der Waals surface area contributed by atoms with Gasteiger partial charge in [-0.1, -0.05) is 72.9 Å². The predicted octanol–water partition coefficient (Wildman–Crippen LogP) is 5.10. The molecule has 0 bridgehead atoms. The van der Waals surface area contributed by atoms with Crippen molar-refractivity contribution >= 4 is 44.3 Å². The minimum atomic E-state index is 1.27. The topological polar surface area (TPSA) is 0 Å². The van der Waals surface area contributed by atoms with Crippen LogP contribution in [0.2, 0.25) is 6.82 Å². The maximum Gasteiger partial charge on any atom is 0.148 e. The summed E-state index contributed by atoms with van der Waals surface area (Å²) in [5, 5.41) is 2.72. The van der Waals surface area contributed by atoms with Crippen LogP contribution in [0.1, 0.15) is 0 Å². The lowest BCUT2D eigenvalue weighted by atomic mass is 9.73. The smallest absolute Gasteiger partial charge is 0.135 e. The summed E-state index contributed by atoms with van der Waals surface area (Å²) in [7, 11) is 2.13. The van der Waals surface area contributed by atoms with Gasteiger partial charge >= 0.3 is 0 Å². The zero-order valence-corrected chi connectivity index (χ0v) is 12.7. The van der Waals surface area contributed by atoms with Crippen LogP contribution in [-0.2, 0) is 0 Å². The standard InChI is InChI=1S/C19H14BS/c1-20-14-11-9-13(10-12-14)15-6-4-7-17-16-5-2-3-8-18(16)21-19(15)17/h2-12H,1H3. The highest BCUT2D eigenvalue weighted by atomic mass is 32.1. The first-order valence-corrected chi connectivity index (χ1v) is 7.98. The molecule has 3 aromatic carbocycles. The Morgan fingerprint density at radius 3 is 2.33 bits per heavy atom. The van der Waals surface area contributed by atoms with E-state index in [2.05, 4.69) is 80.8 Å². The molecule has 0 N–H and O–H groups in total. The first-order valence-electron chi connectivity index (χ1n) is 7.17. The molecular formula is C19H14BS. The summed E-state index contributed by atoms with van der Waals surface area (Å²) in [5.41, 5.74) is 3.89. The van der Waals surface area contributed by atoms with Crippen molar-refractivity contribution in [1.82, 2.24) is 0 Å². The molecule has 0 saturated heterocycles. The van der Waals surface area contributed by atoms with E-state index in [1.165, 1.54) is 36.8 Å². The van der Waals surface area contributed by atoms with Gasteiger partial charge in [0.1, 0.15) is 7.28 Å². The second kappa shape index (κ2) is 5.05. The van der Waals surface area contributed by atoms with Crippen molar-refractivity contribution < 1.29 is 0 Å². The Bertz CT molecular complexity index is 919. The molecule has 0 amide bonds. The minimum absolute atomic E-state index is 1.27. The number of benzene rings is 3. The fraction of sp³-hybridized carbons (Fsp3) is 0.0526. The molecule has 0 spiro atoms. The zero-order valence-electron chi connectivity index (χ0n) is 11.8. The predicted molar refractivity (Wildman–Crippen MR) is 96.0 cm³/mol. The number of hydrogen-bond acceptors (Lipinski definition) is 1. The summed E-state index contributed by atoms with van der Waals surface area (Å²) in [5.74, 6) is 0. The summed E-state index contributed by atoms with van der Waals surface area (Å²) in [6, 6.07) is 24.1. The fourth-order valence-electron chi connectivity index (χ4n) is 2.83. The largest absolute Gasteiger partial charge is 0.148 e. The Morgan fingerprint density at radius 2 is 1.52 bits per heavy atom. The normalized spacial score (nSPS) is 11.1. The van der Waals surface area contributed by atoms with Crippen LogP contribution >= 0.6 is 11.3 Å². The van der Waals surface area contributed by atoms with Crippen LogP contribution in [0.15, 0.2) is 66.7 Å². The molecule has 0 atom stereocenters. The van der Waals surface area contributed by atoms with Crippen LogP contribution in [0.25, 0.3) is 31.3 Å². The van der Waals surface area contributed by atoms with Gasteiger partial charge in [-0.15, -0.1) is 11.3 Å². The van der Waals surface area contributed by atoms with Crippen molar-refractivity contribution in [3.05, 3.63) is 66.7 Å². The molecule has 0 unspecified atom stereocenters. The van der Waals surface area contributed by atoms with Gasteiger partial charge in [-0.25, -0.2) is 0 Å². The average molecular weight is 285 g/mol. The molecule has 0 nitrogen and oxygen atoms in total. The van der Waals surface area contributed by atoms with Crippen LogP contribution in [0, 0.1) is 0 Å². The number of rotatable bonds is 2. The third-order valence-electron chi connectivity index (χ3n) is 3.96. The SMILES string of the molecule is C[B]c1ccc(-c2cccc3c2sc2ccccc23)cc1. The monoisotopic (exact) mass is 285 g/mol. The lowest BCUT2D eigenvalue weighted by Gasteiger charge is -2.04. The van der Waals surface area contributed by atoms with Gasteiger partial charge in [0, 0.05) is 20.2 Å². The lowest BCUT2D eigenvalue weighted by Crippen LogP contribution is -2.08. The summed E-state index contributed by atoms with van der Waals surface area (Å²) in [6.45, 7) is 2.07. The molecule has 21 heavy (non-hydrogen) atoms. The molecule has 0 saturated carbocycles. The van der Waals surface area contributed by atoms with E-state index in [1.807, 2.05) is 11.3 Å². The minimum Gasteiger partial charge on any atom is -0.135 e. The Kier molecular flexibility index (Phi) is 3.05. The highest BCUT2D eigenvalue weighted by Crippen LogP contribution is 2.39. The van der Waals surface area contributed by atoms with Gasteiger partial charge in [-0.3, -0.25) is 0 Å². The van der Waals surface area contributed by atoms with Crippen LogP contribution in [0.5, 0.6) is 0 Å². The van der Waals surface area contributed by atoms with Gasteiger partial charge in [0.05, 0.1) is 0 Å². The van der Waals surface area contributed by atoms with Crippen molar-refractivity contribution in [2.75, 3.05) is 0 Å². The van der Waals surface area contributed by atoms with Crippen LogP contribution in [0.4, 0.5) is 0 Å². The second-order valence-corrected chi connectivity index (χ2v) is 6.24. The van der Waals surface area contributed by atoms with Crippen molar-refractivity contribution in [3.8, 4) is 11.1 Å². The Morgan fingerprint density at radius 1 is 0.762 bits per heavy atom. The lowest BCUT2D eigenvalue weighted by molar-refractivity contribution is 1.70. The zero-order chi connectivity index (χ0) is 14.2. The van der Waals surface area contributed by atoms with E-state index in [4.69, 9.17) is 0 Å². The van der Waals surface area contributed by atoms with Gasteiger partial charge in [0.2, 0.25) is 0 Å². The van der Waals surface area contributed by atoms with E-state index in [0.29, 0.717) is 0 Å². The molecule has 1 aromatic heterocycles. The highest BCUT2D eigenvalue weighted by Gasteiger charge is 2.09. The quantitative estimate of drug-likeness (QED) is 0.449. The summed E-state index contributed by atoms with van der Waals surface area (Å²) in [6.07, 6.45) is 0. The fourth-order valence-corrected chi connectivity index (χ4v) is 4.07. The van der Waals surface area contributed by atoms with E-state index < -0.39 is 0 Å². The first-order chi connectivity index (χ1) is 10.4. The Balaban J connectivity index is 1.99. The molecule has 1 heterocycles. The van der Waals surface area contributed by atoms with Gasteiger partial charge in [-0.2, -0.15) is 0 Å². The van der Waals surface area contributed by atoms with E-state index in [1.54, 1.807) is 0 Å². The maximum absolute atomic E-state index is 2.23. The molecule has 99 valence electrons. The van der Waals surface area contributed by atoms with Crippen molar-refractivity contribution in [2.24, 2.45) is 0 Å². The molecule has 0 aliphatic carbocycles. The third kappa shape index (κ3) is 2.07. The molecule has 0 fully saturated rings. The summed E-state index contributed by atoms with van der Waals surface area (Å²) in [4.78, 5) is 0. The molecule has 4 aromatic rings. The molecule has 0 aliphatic rings. The number of hydrogen-bond donors (Lipinski definition) is 0. The Labute approximate surface area is 129 Å². The van der Waals surface area contributed by atoms with Crippen LogP contribution in [0.3, 0.4) is 0 Å². The number of thiophene rings is 1. The molecule has 1 radical (unpaired) electrons. The average Bonchev–Trinajstić information content (AvgIpc) is 2.94. The van der Waals surface area contributed by atoms with E-state index in [0.717, 1.165) is 0 Å². The molecular weight excluding hydrogens is 271 g/mol. The van der Waals surface area contributed by atoms with Crippen molar-refractivity contribution in [2.45, 2.75) is 6.82 Å². The first kappa shape index (κ1) is 12.7. The summed E-state index contributed by atoms with van der Waals surface area (Å²) < 4.78 is 2.74. The van der Waals surface area contributed by atoms with Gasteiger partial charge in [0.25, 0.3) is 0 Å². The van der Waals surface area contributed by atoms with Gasteiger partial charge in [-0.05, 0) is 17.2 Å². The van der Waals surface area contributed by atoms with Crippen molar-refractivity contribution in [3.63, 3.8) is 0 Å². The van der Waals surface area contributed by atoms with Crippen molar-refractivity contribution in [1.29, 1.82) is 0 Å². The maximum atomic E-state index is 2.23. The van der Waals surface area contributed by atoms with E-state index in [-0.39, 0.29) is 0 Å². The van der Waals surface area contributed by atoms with Gasteiger partial charge in [0.15, 0.2) is 0 Å². The Hall–Kier alpha value is -2.06. The van der Waals surface area contributed by atoms with Crippen LogP contribution < -0.4 is 5.46 Å². The van der Waals surface area contributed by atoms with Gasteiger partial charge < -0.3 is 0 Å². The highest BCUT2D eigenvalue weighted by molar-refractivity contribution is 7.26. The molecule has 0 aliphatic heterocycles. The summed E-state index contributed by atoms with van der Waals surface area (Å²) >= 11 is 1.89. The van der Waals surface area contributed by atoms with E-state index >= 15 is 0 Å². The second-order valence-electron chi connectivity index (χ2n) is 5.19. The number of fused-ring (bicyclic) bond motifs is 3. The third-order valence-corrected chi connectivity index (χ3v) is 5.18.